The molecule has 1 heterocycles. The molecular weight excluding hydrogens is 298 g/mol. The molecule has 2 aromatic rings. The van der Waals surface area contributed by atoms with Gasteiger partial charge in [0.05, 0.1) is 9.92 Å². The number of fused-ring (bicyclic) bond motifs is 1. The number of rotatable bonds is 4. The molecule has 1 unspecified atom stereocenters. The van der Waals surface area contributed by atoms with Gasteiger partial charge in [-0.15, -0.1) is 0 Å². The lowest BCUT2D eigenvalue weighted by Gasteiger charge is -2.07. The molecule has 0 amide bonds. The average molecular weight is 312 g/mol. The summed E-state index contributed by atoms with van der Waals surface area (Å²) in [6.45, 7) is 2.47. The molecule has 1 aromatic heterocycles. The molecule has 0 spiro atoms. The fourth-order valence-corrected chi connectivity index (χ4v) is 2.77. The third-order valence-electron chi connectivity index (χ3n) is 2.51. The lowest BCUT2D eigenvalue weighted by Crippen LogP contribution is -2.22. The van der Waals surface area contributed by atoms with E-state index < -0.39 is 11.0 Å². The maximum Gasteiger partial charge on any atom is 0.192 e. The van der Waals surface area contributed by atoms with Crippen LogP contribution < -0.4 is 16.2 Å². The SMILES string of the molecule is CCNS(=O)c1ccc2c(Cl)cnc(N=C(N)N)c2c1. The molecule has 0 aliphatic carbocycles. The molecule has 2 rings (SSSR count). The summed E-state index contributed by atoms with van der Waals surface area (Å²) in [6, 6.07) is 5.23. The van der Waals surface area contributed by atoms with Crippen molar-refractivity contribution in [2.24, 2.45) is 16.5 Å². The first-order valence-corrected chi connectivity index (χ1v) is 7.39. The molecule has 0 aliphatic rings. The Morgan fingerprint density at radius 3 is 2.85 bits per heavy atom. The number of hydrogen-bond donors (Lipinski definition) is 3. The van der Waals surface area contributed by atoms with Crippen molar-refractivity contribution in [3.05, 3.63) is 29.4 Å². The molecule has 6 nitrogen and oxygen atoms in total. The Bertz CT molecular complexity index is 700. The third kappa shape index (κ3) is 3.06. The van der Waals surface area contributed by atoms with Crippen molar-refractivity contribution in [2.75, 3.05) is 6.54 Å². The Hall–Kier alpha value is -1.70. The summed E-state index contributed by atoms with van der Waals surface area (Å²) in [5.74, 6) is 0.249. The van der Waals surface area contributed by atoms with E-state index in [0.29, 0.717) is 27.7 Å². The highest BCUT2D eigenvalue weighted by atomic mass is 35.5. The number of nitrogens with one attached hydrogen (secondary N) is 1. The van der Waals surface area contributed by atoms with Crippen molar-refractivity contribution in [3.8, 4) is 0 Å². The lowest BCUT2D eigenvalue weighted by molar-refractivity contribution is 0.674. The predicted octanol–water partition coefficient (Wildman–Crippen LogP) is 1.43. The van der Waals surface area contributed by atoms with Crippen LogP contribution in [0.15, 0.2) is 34.3 Å². The predicted molar refractivity (Wildman–Crippen MR) is 82.3 cm³/mol. The van der Waals surface area contributed by atoms with Crippen molar-refractivity contribution in [2.45, 2.75) is 11.8 Å². The van der Waals surface area contributed by atoms with E-state index in [1.807, 2.05) is 6.92 Å². The van der Waals surface area contributed by atoms with E-state index >= 15 is 0 Å². The molecule has 1 aromatic carbocycles. The van der Waals surface area contributed by atoms with Gasteiger partial charge in [0.1, 0.15) is 11.0 Å². The van der Waals surface area contributed by atoms with Crippen LogP contribution in [0.1, 0.15) is 6.92 Å². The number of aromatic nitrogens is 1. The summed E-state index contributed by atoms with van der Waals surface area (Å²) in [5, 5.41) is 1.88. The highest BCUT2D eigenvalue weighted by molar-refractivity contribution is 7.83. The van der Waals surface area contributed by atoms with E-state index in [-0.39, 0.29) is 5.96 Å². The van der Waals surface area contributed by atoms with E-state index in [0.717, 1.165) is 5.39 Å². The number of nitrogens with two attached hydrogens (primary N) is 2. The largest absolute Gasteiger partial charge is 0.370 e. The minimum atomic E-state index is -1.30. The van der Waals surface area contributed by atoms with Crippen LogP contribution in [0, 0.1) is 0 Å². The van der Waals surface area contributed by atoms with E-state index in [9.17, 15) is 4.21 Å². The number of benzene rings is 1. The van der Waals surface area contributed by atoms with Crippen LogP contribution in [0.2, 0.25) is 5.02 Å². The molecule has 0 bridgehead atoms. The van der Waals surface area contributed by atoms with E-state index in [2.05, 4.69) is 14.7 Å². The van der Waals surface area contributed by atoms with Crippen LogP contribution in [0.3, 0.4) is 0 Å². The van der Waals surface area contributed by atoms with Crippen molar-refractivity contribution in [1.82, 2.24) is 9.71 Å². The molecule has 20 heavy (non-hydrogen) atoms. The second-order valence-corrected chi connectivity index (χ2v) is 5.65. The average Bonchev–Trinajstić information content (AvgIpc) is 2.41. The number of guanidine groups is 1. The van der Waals surface area contributed by atoms with Gasteiger partial charge >= 0.3 is 0 Å². The zero-order valence-electron chi connectivity index (χ0n) is 10.8. The van der Waals surface area contributed by atoms with Gasteiger partial charge in [-0.25, -0.2) is 13.9 Å². The summed E-state index contributed by atoms with van der Waals surface area (Å²) in [4.78, 5) is 8.66. The summed E-state index contributed by atoms with van der Waals surface area (Å²) in [6.07, 6.45) is 1.48. The fourth-order valence-electron chi connectivity index (χ4n) is 1.71. The van der Waals surface area contributed by atoms with Crippen molar-refractivity contribution < 1.29 is 4.21 Å². The quantitative estimate of drug-likeness (QED) is 0.586. The fraction of sp³-hybridized carbons (Fsp3) is 0.167. The van der Waals surface area contributed by atoms with Crippen molar-refractivity contribution in [1.29, 1.82) is 0 Å². The van der Waals surface area contributed by atoms with Crippen LogP contribution in [0.4, 0.5) is 5.82 Å². The number of hydrogen-bond acceptors (Lipinski definition) is 3. The first-order valence-electron chi connectivity index (χ1n) is 5.86. The van der Waals surface area contributed by atoms with Gasteiger partial charge in [-0.05, 0) is 12.1 Å². The first-order chi connectivity index (χ1) is 9.52. The number of pyridine rings is 1. The highest BCUT2D eigenvalue weighted by Gasteiger charge is 2.10. The minimum absolute atomic E-state index is 0.0978. The second-order valence-electron chi connectivity index (χ2n) is 3.94. The molecule has 0 fully saturated rings. The molecule has 0 radical (unpaired) electrons. The smallest absolute Gasteiger partial charge is 0.192 e. The maximum atomic E-state index is 12.0. The topological polar surface area (TPSA) is 106 Å². The molecule has 5 N–H and O–H groups in total. The minimum Gasteiger partial charge on any atom is -0.370 e. The van der Waals surface area contributed by atoms with Crippen LogP contribution in [0.5, 0.6) is 0 Å². The molecular formula is C12H14ClN5OS. The maximum absolute atomic E-state index is 12.0. The molecule has 0 saturated carbocycles. The van der Waals surface area contributed by atoms with Gasteiger partial charge in [-0.1, -0.05) is 24.6 Å². The molecule has 106 valence electrons. The van der Waals surface area contributed by atoms with Gasteiger partial charge in [0.2, 0.25) is 0 Å². The summed E-state index contributed by atoms with van der Waals surface area (Å²) < 4.78 is 14.8. The van der Waals surface area contributed by atoms with Gasteiger partial charge in [-0.2, -0.15) is 4.99 Å². The van der Waals surface area contributed by atoms with Gasteiger partial charge in [0, 0.05) is 23.5 Å². The molecule has 8 heteroatoms. The number of nitrogens with zero attached hydrogens (tertiary/aromatic N) is 2. The lowest BCUT2D eigenvalue weighted by atomic mass is 10.1. The zero-order valence-corrected chi connectivity index (χ0v) is 12.3. The van der Waals surface area contributed by atoms with Gasteiger partial charge in [-0.3, -0.25) is 0 Å². The Labute approximate surface area is 123 Å². The normalized spacial score (nSPS) is 12.3. The summed E-state index contributed by atoms with van der Waals surface area (Å²) in [7, 11) is -1.30. The van der Waals surface area contributed by atoms with Gasteiger partial charge < -0.3 is 11.5 Å². The number of halogens is 1. The van der Waals surface area contributed by atoms with Crippen LogP contribution >= 0.6 is 11.6 Å². The summed E-state index contributed by atoms with van der Waals surface area (Å²) in [5.41, 5.74) is 10.8. The van der Waals surface area contributed by atoms with E-state index in [1.165, 1.54) is 6.20 Å². The Morgan fingerprint density at radius 1 is 1.45 bits per heavy atom. The third-order valence-corrected chi connectivity index (χ3v) is 4.05. The summed E-state index contributed by atoms with van der Waals surface area (Å²) >= 11 is 6.09. The molecule has 1 atom stereocenters. The van der Waals surface area contributed by atoms with Crippen LogP contribution in [-0.4, -0.2) is 21.7 Å². The highest BCUT2D eigenvalue weighted by Crippen LogP contribution is 2.30. The first kappa shape index (κ1) is 14.7. The Kier molecular flexibility index (Phi) is 4.53. The Balaban J connectivity index is 2.64. The Morgan fingerprint density at radius 2 is 2.20 bits per heavy atom. The van der Waals surface area contributed by atoms with Crippen molar-refractivity contribution in [3.63, 3.8) is 0 Å². The van der Waals surface area contributed by atoms with E-state index in [1.54, 1.807) is 18.2 Å². The van der Waals surface area contributed by atoms with Crippen LogP contribution in [-0.2, 0) is 11.0 Å². The zero-order chi connectivity index (χ0) is 14.7. The standard InChI is InChI=1S/C12H14ClN5OS/c1-2-17-20(19)7-3-4-8-9(5-7)11(18-12(14)15)16-6-10(8)13/h3-6,17H,2H2,1H3,(H4,14,15,16,18). The van der Waals surface area contributed by atoms with Crippen molar-refractivity contribution >= 4 is 45.1 Å². The van der Waals surface area contributed by atoms with Gasteiger partial charge in [0.25, 0.3) is 0 Å². The van der Waals surface area contributed by atoms with Gasteiger partial charge in [0.15, 0.2) is 11.8 Å². The molecule has 0 aliphatic heterocycles. The monoisotopic (exact) mass is 311 g/mol. The molecule has 0 saturated heterocycles. The van der Waals surface area contributed by atoms with E-state index in [4.69, 9.17) is 23.1 Å². The number of aliphatic imine (C=N–C) groups is 1. The van der Waals surface area contributed by atoms with Crippen LogP contribution in [0.25, 0.3) is 10.8 Å². The second kappa shape index (κ2) is 6.17.